The summed E-state index contributed by atoms with van der Waals surface area (Å²) in [7, 11) is 1.68. The third-order valence-electron chi connectivity index (χ3n) is 6.58. The van der Waals surface area contributed by atoms with Gasteiger partial charge < -0.3 is 19.7 Å². The zero-order valence-electron chi connectivity index (χ0n) is 18.2. The van der Waals surface area contributed by atoms with Crippen molar-refractivity contribution in [1.82, 2.24) is 10.2 Å². The van der Waals surface area contributed by atoms with Gasteiger partial charge in [-0.1, -0.05) is 12.8 Å². The normalized spacial score (nSPS) is 25.0. The molecule has 162 valence electrons. The molecule has 0 spiro atoms. The minimum atomic E-state index is 0.395. The molecule has 0 amide bonds. The summed E-state index contributed by atoms with van der Waals surface area (Å²) in [6, 6.07) is 7.14. The second-order valence-electron chi connectivity index (χ2n) is 8.38. The van der Waals surface area contributed by atoms with E-state index >= 15 is 0 Å². The molecule has 0 radical (unpaired) electrons. The Labute approximate surface area is 184 Å². The number of hydrogen-bond donors (Lipinski definition) is 1. The Bertz CT molecular complexity index is 826. The number of nitriles is 1. The summed E-state index contributed by atoms with van der Waals surface area (Å²) in [6.07, 6.45) is 7.44. The number of nitrogens with zero attached hydrogens (tertiary/aromatic N) is 2. The lowest BCUT2D eigenvalue weighted by molar-refractivity contribution is 0.306. The van der Waals surface area contributed by atoms with Gasteiger partial charge in [0.1, 0.15) is 11.0 Å². The Balaban J connectivity index is 1.68. The fourth-order valence-corrected chi connectivity index (χ4v) is 6.03. The molecule has 4 rings (SSSR count). The minimum absolute atomic E-state index is 0.395. The number of ether oxygens (including phenoxy) is 2. The van der Waals surface area contributed by atoms with Gasteiger partial charge in [-0.15, -0.1) is 11.8 Å². The molecule has 1 saturated heterocycles. The Morgan fingerprint density at radius 1 is 1.20 bits per heavy atom. The number of methoxy groups -OCH3 is 1. The maximum atomic E-state index is 10.0. The zero-order chi connectivity index (χ0) is 20.9. The molecule has 2 fully saturated rings. The SMILES string of the molecule is CCOc1cc2c(cc1OC)/C(=C(/C#N)SCCN1CCCC1)NC1CCCCC21. The molecule has 6 heteroatoms. The van der Waals surface area contributed by atoms with Crippen LogP contribution in [0.1, 0.15) is 62.5 Å². The van der Waals surface area contributed by atoms with Crippen LogP contribution in [0.2, 0.25) is 0 Å². The molecule has 1 aromatic carbocycles. The number of benzene rings is 1. The monoisotopic (exact) mass is 427 g/mol. The number of thioether (sulfide) groups is 1. The molecule has 2 aliphatic heterocycles. The first-order chi connectivity index (χ1) is 14.7. The van der Waals surface area contributed by atoms with E-state index in [-0.39, 0.29) is 0 Å². The van der Waals surface area contributed by atoms with Gasteiger partial charge in [-0.05, 0) is 63.4 Å². The van der Waals surface area contributed by atoms with E-state index in [1.807, 2.05) is 6.92 Å². The van der Waals surface area contributed by atoms with Crippen molar-refractivity contribution in [2.45, 2.75) is 57.4 Å². The molecule has 1 aromatic rings. The smallest absolute Gasteiger partial charge is 0.161 e. The molecule has 3 aliphatic rings. The first kappa shape index (κ1) is 21.4. The lowest BCUT2D eigenvalue weighted by Crippen LogP contribution is -2.40. The maximum Gasteiger partial charge on any atom is 0.161 e. The molecule has 2 unspecified atom stereocenters. The lowest BCUT2D eigenvalue weighted by Gasteiger charge is -2.40. The minimum Gasteiger partial charge on any atom is -0.493 e. The van der Waals surface area contributed by atoms with E-state index in [0.717, 1.165) is 46.4 Å². The van der Waals surface area contributed by atoms with Gasteiger partial charge in [-0.3, -0.25) is 0 Å². The zero-order valence-corrected chi connectivity index (χ0v) is 19.0. The second-order valence-corrected chi connectivity index (χ2v) is 9.48. The largest absolute Gasteiger partial charge is 0.493 e. The second kappa shape index (κ2) is 9.98. The van der Waals surface area contributed by atoms with Crippen molar-refractivity contribution in [3.8, 4) is 17.6 Å². The topological polar surface area (TPSA) is 57.5 Å². The van der Waals surface area contributed by atoms with E-state index in [1.54, 1.807) is 18.9 Å². The number of fused-ring (bicyclic) bond motifs is 3. The van der Waals surface area contributed by atoms with Crippen molar-refractivity contribution in [2.24, 2.45) is 0 Å². The highest BCUT2D eigenvalue weighted by Crippen LogP contribution is 2.46. The standard InChI is InChI=1S/C24H33N3O2S/c1-3-29-22-14-18-17-8-4-5-9-20(17)26-24(19(18)15-21(22)28-2)23(16-25)30-13-12-27-10-6-7-11-27/h14-15,17,20,26H,3-13H2,1-2H3/b24-23+. The quantitative estimate of drug-likeness (QED) is 0.634. The number of nitrogens with one attached hydrogen (secondary N) is 1. The van der Waals surface area contributed by atoms with E-state index in [9.17, 15) is 5.26 Å². The van der Waals surface area contributed by atoms with Gasteiger partial charge in [0.05, 0.1) is 19.4 Å². The number of rotatable bonds is 7. The van der Waals surface area contributed by atoms with Crippen LogP contribution in [0, 0.1) is 11.3 Å². The summed E-state index contributed by atoms with van der Waals surface area (Å²) in [4.78, 5) is 3.30. The average Bonchev–Trinajstić information content (AvgIpc) is 3.30. The molecule has 2 heterocycles. The van der Waals surface area contributed by atoms with Crippen molar-refractivity contribution >= 4 is 17.5 Å². The van der Waals surface area contributed by atoms with Crippen LogP contribution >= 0.6 is 11.8 Å². The van der Waals surface area contributed by atoms with E-state index in [4.69, 9.17) is 9.47 Å². The molecule has 0 aromatic heterocycles. The van der Waals surface area contributed by atoms with Crippen molar-refractivity contribution < 1.29 is 9.47 Å². The third-order valence-corrected chi connectivity index (χ3v) is 7.55. The molecule has 1 N–H and O–H groups in total. The van der Waals surface area contributed by atoms with E-state index in [2.05, 4.69) is 28.4 Å². The van der Waals surface area contributed by atoms with Gasteiger partial charge >= 0.3 is 0 Å². The molecule has 5 nitrogen and oxygen atoms in total. The Morgan fingerprint density at radius 3 is 2.73 bits per heavy atom. The summed E-state index contributed by atoms with van der Waals surface area (Å²) < 4.78 is 11.5. The summed E-state index contributed by atoms with van der Waals surface area (Å²) in [5.74, 6) is 2.97. The van der Waals surface area contributed by atoms with Crippen LogP contribution in [-0.4, -0.2) is 50.0 Å². The van der Waals surface area contributed by atoms with Crippen LogP contribution in [0.3, 0.4) is 0 Å². The molecule has 1 aliphatic carbocycles. The van der Waals surface area contributed by atoms with Crippen molar-refractivity contribution in [3.05, 3.63) is 28.2 Å². The predicted molar refractivity (Wildman–Crippen MR) is 123 cm³/mol. The van der Waals surface area contributed by atoms with Gasteiger partial charge in [0.15, 0.2) is 11.5 Å². The molecular formula is C24H33N3O2S. The predicted octanol–water partition coefficient (Wildman–Crippen LogP) is 4.74. The molecular weight excluding hydrogens is 394 g/mol. The number of allylic oxidation sites excluding steroid dienone is 1. The van der Waals surface area contributed by atoms with E-state index in [0.29, 0.717) is 18.6 Å². The maximum absolute atomic E-state index is 10.0. The lowest BCUT2D eigenvalue weighted by atomic mass is 9.75. The van der Waals surface area contributed by atoms with Gasteiger partial charge in [-0.25, -0.2) is 0 Å². The van der Waals surface area contributed by atoms with Crippen LogP contribution in [0.4, 0.5) is 0 Å². The highest BCUT2D eigenvalue weighted by Gasteiger charge is 2.36. The van der Waals surface area contributed by atoms with Gasteiger partial charge in [0.2, 0.25) is 0 Å². The highest BCUT2D eigenvalue weighted by molar-refractivity contribution is 8.03. The van der Waals surface area contributed by atoms with Gasteiger partial charge in [0, 0.05) is 29.8 Å². The molecule has 0 bridgehead atoms. The summed E-state index contributed by atoms with van der Waals surface area (Å²) in [5.41, 5.74) is 3.41. The van der Waals surface area contributed by atoms with Crippen molar-refractivity contribution in [2.75, 3.05) is 39.1 Å². The van der Waals surface area contributed by atoms with Crippen LogP contribution in [0.25, 0.3) is 5.70 Å². The number of hydrogen-bond acceptors (Lipinski definition) is 6. The Hall–Kier alpha value is -1.84. The van der Waals surface area contributed by atoms with Crippen LogP contribution in [-0.2, 0) is 0 Å². The van der Waals surface area contributed by atoms with Crippen molar-refractivity contribution in [1.29, 1.82) is 5.26 Å². The van der Waals surface area contributed by atoms with Crippen LogP contribution < -0.4 is 14.8 Å². The Kier molecular flexibility index (Phi) is 7.12. The third kappa shape index (κ3) is 4.43. The fraction of sp³-hybridized carbons (Fsp3) is 0.625. The highest BCUT2D eigenvalue weighted by atomic mass is 32.2. The first-order valence-electron chi connectivity index (χ1n) is 11.4. The summed E-state index contributed by atoms with van der Waals surface area (Å²) in [6.45, 7) is 6.05. The van der Waals surface area contributed by atoms with Crippen molar-refractivity contribution in [3.63, 3.8) is 0 Å². The average molecular weight is 428 g/mol. The van der Waals surface area contributed by atoms with E-state index < -0.39 is 0 Å². The molecule has 30 heavy (non-hydrogen) atoms. The van der Waals surface area contributed by atoms with Gasteiger partial charge in [-0.2, -0.15) is 5.26 Å². The first-order valence-corrected chi connectivity index (χ1v) is 12.3. The molecule has 1 saturated carbocycles. The van der Waals surface area contributed by atoms with E-state index in [1.165, 1.54) is 50.8 Å². The number of likely N-dealkylation sites (tertiary alicyclic amines) is 1. The van der Waals surface area contributed by atoms with Gasteiger partial charge in [0.25, 0.3) is 0 Å². The summed E-state index contributed by atoms with van der Waals surface area (Å²) >= 11 is 1.69. The fourth-order valence-electron chi connectivity index (χ4n) is 5.10. The molecule has 2 atom stereocenters. The Morgan fingerprint density at radius 2 is 2.00 bits per heavy atom. The van der Waals surface area contributed by atoms with Crippen LogP contribution in [0.5, 0.6) is 11.5 Å². The van der Waals surface area contributed by atoms with Crippen LogP contribution in [0.15, 0.2) is 17.0 Å². The summed E-state index contributed by atoms with van der Waals surface area (Å²) in [5, 5.41) is 13.8.